The van der Waals surface area contributed by atoms with Crippen molar-refractivity contribution in [3.05, 3.63) is 39.9 Å². The molecule has 2 unspecified atom stereocenters. The maximum absolute atomic E-state index is 11.0. The van der Waals surface area contributed by atoms with E-state index in [9.17, 15) is 10.1 Å². The highest BCUT2D eigenvalue weighted by molar-refractivity contribution is 5.40. The van der Waals surface area contributed by atoms with Crippen LogP contribution in [-0.4, -0.2) is 17.1 Å². The van der Waals surface area contributed by atoms with Crippen LogP contribution in [0.25, 0.3) is 0 Å². The van der Waals surface area contributed by atoms with Crippen LogP contribution in [0.5, 0.6) is 0 Å². The smallest absolute Gasteiger partial charge is 0.277 e. The fourth-order valence-electron chi connectivity index (χ4n) is 2.73. The predicted octanol–water partition coefficient (Wildman–Crippen LogP) is 2.95. The van der Waals surface area contributed by atoms with Crippen molar-refractivity contribution in [3.63, 3.8) is 0 Å². The lowest BCUT2D eigenvalue weighted by Gasteiger charge is -2.39. The fourth-order valence-corrected chi connectivity index (χ4v) is 2.73. The van der Waals surface area contributed by atoms with Gasteiger partial charge in [-0.2, -0.15) is 0 Å². The molecule has 3 rings (SSSR count). The molecule has 1 aromatic rings. The van der Waals surface area contributed by atoms with Crippen LogP contribution in [0.3, 0.4) is 0 Å². The SMILES string of the molecule is O=[N+]([O-])c1ccccc1C1OC2CCCC(C2)O1. The Morgan fingerprint density at radius 3 is 2.50 bits per heavy atom. The number of nitrogens with zero attached hydrogens (tertiary/aromatic N) is 1. The highest BCUT2D eigenvalue weighted by Gasteiger charge is 2.36. The molecule has 1 aliphatic carbocycles. The normalized spacial score (nSPS) is 31.0. The minimum absolute atomic E-state index is 0.0717. The highest BCUT2D eigenvalue weighted by atomic mass is 16.7. The highest BCUT2D eigenvalue weighted by Crippen LogP contribution is 2.39. The van der Waals surface area contributed by atoms with E-state index in [0.717, 1.165) is 25.7 Å². The van der Waals surface area contributed by atoms with Gasteiger partial charge in [0.15, 0.2) is 6.29 Å². The van der Waals surface area contributed by atoms with Crippen molar-refractivity contribution in [1.82, 2.24) is 0 Å². The van der Waals surface area contributed by atoms with Crippen molar-refractivity contribution in [2.75, 3.05) is 0 Å². The van der Waals surface area contributed by atoms with Crippen LogP contribution in [0, 0.1) is 10.1 Å². The summed E-state index contributed by atoms with van der Waals surface area (Å²) in [5.41, 5.74) is 0.599. The zero-order valence-corrected chi connectivity index (χ0v) is 9.95. The first kappa shape index (κ1) is 11.6. The van der Waals surface area contributed by atoms with E-state index in [2.05, 4.69) is 0 Å². The first-order valence-corrected chi connectivity index (χ1v) is 6.28. The van der Waals surface area contributed by atoms with Gasteiger partial charge in [0, 0.05) is 12.5 Å². The number of benzene rings is 1. The summed E-state index contributed by atoms with van der Waals surface area (Å²) >= 11 is 0. The Morgan fingerprint density at radius 2 is 1.83 bits per heavy atom. The largest absolute Gasteiger partial charge is 0.345 e. The molecule has 1 aromatic carbocycles. The molecular formula is C13H15NO4. The van der Waals surface area contributed by atoms with Crippen LogP contribution in [-0.2, 0) is 9.47 Å². The molecule has 2 fully saturated rings. The molecule has 1 heterocycles. The number of para-hydroxylation sites is 1. The predicted molar refractivity (Wildman–Crippen MR) is 64.1 cm³/mol. The Morgan fingerprint density at radius 1 is 1.17 bits per heavy atom. The minimum Gasteiger partial charge on any atom is -0.345 e. The van der Waals surface area contributed by atoms with Gasteiger partial charge >= 0.3 is 0 Å². The molecule has 96 valence electrons. The molecule has 0 aromatic heterocycles. The van der Waals surface area contributed by atoms with Gasteiger partial charge in [0.05, 0.1) is 22.7 Å². The standard InChI is InChI=1S/C13H15NO4/c15-14(16)12-7-2-1-6-11(12)13-17-9-4-3-5-10(8-9)18-13/h1-2,6-7,9-10,13H,3-5,8H2. The lowest BCUT2D eigenvalue weighted by Crippen LogP contribution is -2.37. The maximum Gasteiger partial charge on any atom is 0.277 e. The van der Waals surface area contributed by atoms with E-state index in [0.29, 0.717) is 5.56 Å². The number of hydrogen-bond acceptors (Lipinski definition) is 4. The minimum atomic E-state index is -0.587. The number of nitro benzene ring substituents is 1. The first-order chi connectivity index (χ1) is 8.74. The summed E-state index contributed by atoms with van der Waals surface area (Å²) in [5, 5.41) is 11.0. The quantitative estimate of drug-likeness (QED) is 0.597. The van der Waals surface area contributed by atoms with Crippen molar-refractivity contribution < 1.29 is 14.4 Å². The average molecular weight is 249 g/mol. The summed E-state index contributed by atoms with van der Waals surface area (Å²) in [7, 11) is 0. The fraction of sp³-hybridized carbons (Fsp3) is 0.538. The molecule has 18 heavy (non-hydrogen) atoms. The summed E-state index contributed by atoms with van der Waals surface area (Å²) in [4.78, 5) is 10.6. The first-order valence-electron chi connectivity index (χ1n) is 6.28. The third kappa shape index (κ3) is 2.11. The molecule has 2 bridgehead atoms. The second-order valence-corrected chi connectivity index (χ2v) is 4.83. The maximum atomic E-state index is 11.0. The summed E-state index contributed by atoms with van der Waals surface area (Å²) in [6.07, 6.45) is 3.85. The molecule has 5 nitrogen and oxygen atoms in total. The number of rotatable bonds is 2. The van der Waals surface area contributed by atoms with Gasteiger partial charge in [0.1, 0.15) is 0 Å². The van der Waals surface area contributed by atoms with E-state index in [1.54, 1.807) is 18.2 Å². The number of ether oxygens (including phenoxy) is 2. The van der Waals surface area contributed by atoms with E-state index in [1.807, 2.05) is 0 Å². The molecule has 0 spiro atoms. The molecule has 1 saturated carbocycles. The van der Waals surface area contributed by atoms with Gasteiger partial charge in [-0.25, -0.2) is 0 Å². The lowest BCUT2D eigenvalue weighted by molar-refractivity contribution is -0.388. The van der Waals surface area contributed by atoms with E-state index in [-0.39, 0.29) is 22.8 Å². The van der Waals surface area contributed by atoms with Crippen LogP contribution in [0.15, 0.2) is 24.3 Å². The number of nitro groups is 1. The van der Waals surface area contributed by atoms with Gasteiger partial charge in [-0.3, -0.25) is 10.1 Å². The molecular weight excluding hydrogens is 234 g/mol. The Bertz CT molecular complexity index is 450. The summed E-state index contributed by atoms with van der Waals surface area (Å²) in [6.45, 7) is 0. The zero-order chi connectivity index (χ0) is 12.5. The van der Waals surface area contributed by atoms with E-state index in [1.165, 1.54) is 6.07 Å². The van der Waals surface area contributed by atoms with Crippen molar-refractivity contribution in [3.8, 4) is 0 Å². The Labute approximate surface area is 105 Å². The summed E-state index contributed by atoms with van der Waals surface area (Å²) in [6, 6.07) is 6.64. The van der Waals surface area contributed by atoms with E-state index < -0.39 is 6.29 Å². The zero-order valence-electron chi connectivity index (χ0n) is 9.95. The van der Waals surface area contributed by atoms with Crippen LogP contribution in [0.2, 0.25) is 0 Å². The summed E-state index contributed by atoms with van der Waals surface area (Å²) < 4.78 is 11.6. The van der Waals surface area contributed by atoms with Crippen LogP contribution >= 0.6 is 0 Å². The molecule has 0 N–H and O–H groups in total. The van der Waals surface area contributed by atoms with E-state index >= 15 is 0 Å². The molecule has 2 atom stereocenters. The molecule has 0 radical (unpaired) electrons. The van der Waals surface area contributed by atoms with Crippen molar-refractivity contribution >= 4 is 5.69 Å². The van der Waals surface area contributed by atoms with Crippen molar-refractivity contribution in [2.24, 2.45) is 0 Å². The van der Waals surface area contributed by atoms with Crippen LogP contribution in [0.4, 0.5) is 5.69 Å². The Balaban J connectivity index is 1.88. The summed E-state index contributed by atoms with van der Waals surface area (Å²) in [5.74, 6) is 0. The van der Waals surface area contributed by atoms with Crippen molar-refractivity contribution in [1.29, 1.82) is 0 Å². The lowest BCUT2D eigenvalue weighted by atomic mass is 9.93. The molecule has 0 amide bonds. The monoisotopic (exact) mass is 249 g/mol. The van der Waals surface area contributed by atoms with E-state index in [4.69, 9.17) is 9.47 Å². The van der Waals surface area contributed by atoms with Gasteiger partial charge in [0.2, 0.25) is 0 Å². The Hall–Kier alpha value is -1.46. The third-order valence-corrected chi connectivity index (χ3v) is 3.60. The van der Waals surface area contributed by atoms with Gasteiger partial charge < -0.3 is 9.47 Å². The number of hydrogen-bond donors (Lipinski definition) is 0. The van der Waals surface area contributed by atoms with Gasteiger partial charge in [-0.05, 0) is 25.3 Å². The average Bonchev–Trinajstić information content (AvgIpc) is 2.38. The molecule has 1 saturated heterocycles. The number of fused-ring (bicyclic) bond motifs is 2. The molecule has 5 heteroatoms. The van der Waals surface area contributed by atoms with Gasteiger partial charge in [-0.1, -0.05) is 12.1 Å². The van der Waals surface area contributed by atoms with Crippen LogP contribution in [0.1, 0.15) is 37.5 Å². The molecule has 1 aliphatic heterocycles. The van der Waals surface area contributed by atoms with Gasteiger partial charge in [-0.15, -0.1) is 0 Å². The Kier molecular flexibility index (Phi) is 3.01. The van der Waals surface area contributed by atoms with Crippen LogP contribution < -0.4 is 0 Å². The van der Waals surface area contributed by atoms with Gasteiger partial charge in [0.25, 0.3) is 5.69 Å². The van der Waals surface area contributed by atoms with Crippen molar-refractivity contribution in [2.45, 2.75) is 44.2 Å². The second kappa shape index (κ2) is 4.66. The molecule has 2 aliphatic rings. The third-order valence-electron chi connectivity index (χ3n) is 3.60. The topological polar surface area (TPSA) is 61.6 Å². The second-order valence-electron chi connectivity index (χ2n) is 4.83.